The number of hydrogen-bond acceptors (Lipinski definition) is 3. The summed E-state index contributed by atoms with van der Waals surface area (Å²) >= 11 is 7.11. The van der Waals surface area contributed by atoms with Crippen molar-refractivity contribution in [2.75, 3.05) is 5.33 Å². The maximum atomic E-state index is 12.7. The highest BCUT2D eigenvalue weighted by Crippen LogP contribution is 2.68. The molecule has 0 heterocycles. The van der Waals surface area contributed by atoms with E-state index in [-0.39, 0.29) is 27.4 Å². The van der Waals surface area contributed by atoms with E-state index in [0.717, 1.165) is 0 Å². The van der Waals surface area contributed by atoms with Gasteiger partial charge in [-0.3, -0.25) is 9.59 Å². The highest BCUT2D eigenvalue weighted by atomic mass is 79.9. The van der Waals surface area contributed by atoms with Crippen molar-refractivity contribution >= 4 is 43.6 Å². The first kappa shape index (κ1) is 20.8. The molecule has 1 fully saturated rings. The number of hydrogen-bond donors (Lipinski definition) is 0. The summed E-state index contributed by atoms with van der Waals surface area (Å²) < 4.78 is 5.30. The Hall–Kier alpha value is -1.90. The van der Waals surface area contributed by atoms with Gasteiger partial charge in [-0.2, -0.15) is 0 Å². The fourth-order valence-corrected chi connectivity index (χ4v) is 5.73. The SMILES string of the molecule is C#CC(OC(=O)C1C(C)(Br)C1(C)CBr)c1cccc(C(=O)c2ccccc2)c1. The summed E-state index contributed by atoms with van der Waals surface area (Å²) in [5.74, 6) is 1.78. The summed E-state index contributed by atoms with van der Waals surface area (Å²) in [4.78, 5) is 25.4. The topological polar surface area (TPSA) is 43.4 Å². The van der Waals surface area contributed by atoms with Crippen molar-refractivity contribution in [1.29, 1.82) is 0 Å². The van der Waals surface area contributed by atoms with Crippen LogP contribution in [-0.4, -0.2) is 21.4 Å². The van der Waals surface area contributed by atoms with Gasteiger partial charge in [-0.1, -0.05) is 93.2 Å². The van der Waals surface area contributed by atoms with Crippen molar-refractivity contribution in [3.05, 3.63) is 71.3 Å². The number of ether oxygens (including phenoxy) is 1. The van der Waals surface area contributed by atoms with E-state index in [9.17, 15) is 9.59 Å². The lowest BCUT2D eigenvalue weighted by atomic mass is 9.99. The molecule has 3 rings (SSSR count). The molecule has 2 aromatic carbocycles. The summed E-state index contributed by atoms with van der Waals surface area (Å²) in [6, 6.07) is 16.0. The average molecular weight is 504 g/mol. The van der Waals surface area contributed by atoms with Crippen LogP contribution in [0.5, 0.6) is 0 Å². The average Bonchev–Trinajstić information content (AvgIpc) is 3.18. The standard InChI is InChI=1S/C23H20Br2O3/c1-4-18(28-21(27)20-22(2,14-24)23(20,3)25)16-11-8-12-17(13-16)19(26)15-9-6-5-7-10-15/h1,5-13,18,20H,14H2,2-3H3. The molecular weight excluding hydrogens is 484 g/mol. The lowest BCUT2D eigenvalue weighted by Crippen LogP contribution is -2.16. The molecule has 5 heteroatoms. The molecule has 0 radical (unpaired) electrons. The molecule has 1 aliphatic rings. The number of terminal acetylenes is 1. The van der Waals surface area contributed by atoms with Crippen molar-refractivity contribution in [2.45, 2.75) is 24.3 Å². The van der Waals surface area contributed by atoms with Crippen LogP contribution in [0.2, 0.25) is 0 Å². The van der Waals surface area contributed by atoms with Gasteiger partial charge < -0.3 is 4.74 Å². The van der Waals surface area contributed by atoms with Gasteiger partial charge >= 0.3 is 5.97 Å². The molecule has 0 N–H and O–H groups in total. The molecule has 2 aromatic rings. The summed E-state index contributed by atoms with van der Waals surface area (Å²) in [6.07, 6.45) is 4.80. The lowest BCUT2D eigenvalue weighted by molar-refractivity contribution is -0.149. The maximum Gasteiger partial charge on any atom is 0.312 e. The number of rotatable bonds is 6. The number of carbonyl (C=O) groups is 2. The Morgan fingerprint density at radius 1 is 1.14 bits per heavy atom. The fraction of sp³-hybridized carbons (Fsp3) is 0.304. The second-order valence-electron chi connectivity index (χ2n) is 7.36. The second-order valence-corrected chi connectivity index (χ2v) is 9.57. The number of alkyl halides is 2. The zero-order valence-corrected chi connectivity index (χ0v) is 18.8. The Kier molecular flexibility index (Phi) is 5.84. The van der Waals surface area contributed by atoms with Crippen LogP contribution in [0.3, 0.4) is 0 Å². The lowest BCUT2D eigenvalue weighted by Gasteiger charge is -2.15. The third-order valence-corrected chi connectivity index (χ3v) is 8.13. The molecule has 0 aromatic heterocycles. The van der Waals surface area contributed by atoms with Crippen LogP contribution < -0.4 is 0 Å². The molecule has 0 saturated heterocycles. The van der Waals surface area contributed by atoms with Crippen molar-refractivity contribution in [2.24, 2.45) is 11.3 Å². The van der Waals surface area contributed by atoms with Gasteiger partial charge in [-0.15, -0.1) is 6.42 Å². The smallest absolute Gasteiger partial charge is 0.312 e. The molecular formula is C23H20Br2O3. The molecule has 1 saturated carbocycles. The number of esters is 1. The van der Waals surface area contributed by atoms with Gasteiger partial charge in [-0.05, 0) is 13.0 Å². The van der Waals surface area contributed by atoms with Crippen molar-refractivity contribution < 1.29 is 14.3 Å². The second kappa shape index (κ2) is 7.85. The Labute approximate surface area is 182 Å². The number of carbonyl (C=O) groups excluding carboxylic acids is 2. The largest absolute Gasteiger partial charge is 0.444 e. The van der Waals surface area contributed by atoms with E-state index in [4.69, 9.17) is 11.2 Å². The number of ketones is 1. The molecule has 0 spiro atoms. The first-order valence-electron chi connectivity index (χ1n) is 8.87. The summed E-state index contributed by atoms with van der Waals surface area (Å²) in [5.41, 5.74) is 1.46. The highest BCUT2D eigenvalue weighted by Gasteiger charge is 2.73. The predicted molar refractivity (Wildman–Crippen MR) is 117 cm³/mol. The predicted octanol–water partition coefficient (Wildman–Crippen LogP) is 5.32. The summed E-state index contributed by atoms with van der Waals surface area (Å²) in [6.45, 7) is 4.00. The summed E-state index contributed by atoms with van der Waals surface area (Å²) in [5, 5.41) is 0.670. The van der Waals surface area contributed by atoms with Crippen molar-refractivity contribution in [1.82, 2.24) is 0 Å². The van der Waals surface area contributed by atoms with Crippen LogP contribution >= 0.6 is 31.9 Å². The Balaban J connectivity index is 1.80. The number of halogens is 2. The van der Waals surface area contributed by atoms with Gasteiger partial charge in [-0.25, -0.2) is 0 Å². The minimum absolute atomic E-state index is 0.105. The van der Waals surface area contributed by atoms with E-state index in [0.29, 0.717) is 22.0 Å². The molecule has 1 aliphatic carbocycles. The van der Waals surface area contributed by atoms with Gasteiger partial charge in [0.1, 0.15) is 0 Å². The van der Waals surface area contributed by atoms with Crippen molar-refractivity contribution in [3.63, 3.8) is 0 Å². The van der Waals surface area contributed by atoms with E-state index in [2.05, 4.69) is 37.8 Å². The van der Waals surface area contributed by atoms with Crippen molar-refractivity contribution in [3.8, 4) is 12.3 Å². The molecule has 4 atom stereocenters. The molecule has 0 amide bonds. The Morgan fingerprint density at radius 3 is 2.36 bits per heavy atom. The van der Waals surface area contributed by atoms with Gasteiger partial charge in [0, 0.05) is 31.8 Å². The van der Waals surface area contributed by atoms with Crippen LogP contribution in [0.15, 0.2) is 54.6 Å². The van der Waals surface area contributed by atoms with E-state index in [1.54, 1.807) is 36.4 Å². The molecule has 0 bridgehead atoms. The monoisotopic (exact) mass is 502 g/mol. The Morgan fingerprint density at radius 2 is 1.79 bits per heavy atom. The number of benzene rings is 2. The minimum Gasteiger partial charge on any atom is -0.444 e. The van der Waals surface area contributed by atoms with Gasteiger partial charge in [0.05, 0.1) is 5.92 Å². The fourth-order valence-electron chi connectivity index (χ4n) is 3.50. The van der Waals surface area contributed by atoms with E-state index in [1.807, 2.05) is 32.0 Å². The van der Waals surface area contributed by atoms with Crippen LogP contribution in [-0.2, 0) is 9.53 Å². The first-order chi connectivity index (χ1) is 13.3. The zero-order chi connectivity index (χ0) is 20.5. The van der Waals surface area contributed by atoms with Gasteiger partial charge in [0.25, 0.3) is 0 Å². The zero-order valence-electron chi connectivity index (χ0n) is 15.6. The van der Waals surface area contributed by atoms with Crippen LogP contribution in [0, 0.1) is 23.7 Å². The van der Waals surface area contributed by atoms with Gasteiger partial charge in [0.15, 0.2) is 11.9 Å². The quantitative estimate of drug-likeness (QED) is 0.232. The van der Waals surface area contributed by atoms with E-state index in [1.165, 1.54) is 0 Å². The Bertz CT molecular complexity index is 946. The minimum atomic E-state index is -0.848. The van der Waals surface area contributed by atoms with E-state index < -0.39 is 6.10 Å². The third-order valence-electron chi connectivity index (χ3n) is 5.60. The van der Waals surface area contributed by atoms with Crippen LogP contribution in [0.25, 0.3) is 0 Å². The van der Waals surface area contributed by atoms with Crippen LogP contribution in [0.4, 0.5) is 0 Å². The molecule has 0 aliphatic heterocycles. The molecule has 3 nitrogen and oxygen atoms in total. The normalized spacial score (nSPS) is 26.8. The van der Waals surface area contributed by atoms with E-state index >= 15 is 0 Å². The first-order valence-corrected chi connectivity index (χ1v) is 10.8. The van der Waals surface area contributed by atoms with Crippen LogP contribution in [0.1, 0.15) is 41.4 Å². The van der Waals surface area contributed by atoms with Gasteiger partial charge in [0.2, 0.25) is 0 Å². The maximum absolute atomic E-state index is 12.7. The highest BCUT2D eigenvalue weighted by molar-refractivity contribution is 9.10. The summed E-state index contributed by atoms with van der Waals surface area (Å²) in [7, 11) is 0. The molecule has 144 valence electrons. The third kappa shape index (κ3) is 3.56. The molecule has 28 heavy (non-hydrogen) atoms. The molecule has 4 unspecified atom stereocenters.